The molecule has 0 bridgehead atoms. The third-order valence-electron chi connectivity index (χ3n) is 2.96. The second kappa shape index (κ2) is 5.36. The molecule has 7 heteroatoms. The highest BCUT2D eigenvalue weighted by Crippen LogP contribution is 2.31. The molecular formula is C12H16O6S. The molecule has 1 aromatic carbocycles. The lowest BCUT2D eigenvalue weighted by atomic mass is 10.2. The molecule has 0 aliphatic carbocycles. The zero-order valence-corrected chi connectivity index (χ0v) is 11.3. The Hall–Kier alpha value is -1.31. The van der Waals surface area contributed by atoms with E-state index in [-0.39, 0.29) is 18.1 Å². The Morgan fingerprint density at radius 2 is 2.05 bits per heavy atom. The van der Waals surface area contributed by atoms with E-state index in [2.05, 4.69) is 0 Å². The molecule has 1 heterocycles. The molecule has 1 fully saturated rings. The van der Waals surface area contributed by atoms with Gasteiger partial charge in [-0.15, -0.1) is 0 Å². The molecular weight excluding hydrogens is 272 g/mol. The molecule has 1 aliphatic heterocycles. The van der Waals surface area contributed by atoms with Gasteiger partial charge in [-0.05, 0) is 17.7 Å². The van der Waals surface area contributed by atoms with Crippen molar-refractivity contribution in [3.8, 4) is 11.5 Å². The van der Waals surface area contributed by atoms with Crippen LogP contribution in [0.15, 0.2) is 18.2 Å². The van der Waals surface area contributed by atoms with E-state index >= 15 is 0 Å². The predicted molar refractivity (Wildman–Crippen MR) is 68.0 cm³/mol. The van der Waals surface area contributed by atoms with Crippen LogP contribution in [0.3, 0.4) is 0 Å². The van der Waals surface area contributed by atoms with Gasteiger partial charge in [-0.25, -0.2) is 8.42 Å². The van der Waals surface area contributed by atoms with Crippen LogP contribution in [0, 0.1) is 0 Å². The van der Waals surface area contributed by atoms with Crippen LogP contribution in [-0.4, -0.2) is 49.5 Å². The molecule has 2 N–H and O–H groups in total. The molecule has 1 saturated heterocycles. The summed E-state index contributed by atoms with van der Waals surface area (Å²) in [6.07, 6.45) is -1.83. The lowest BCUT2D eigenvalue weighted by Gasteiger charge is -2.18. The van der Waals surface area contributed by atoms with E-state index < -0.39 is 22.0 Å². The normalized spacial score (nSPS) is 25.2. The van der Waals surface area contributed by atoms with E-state index in [0.29, 0.717) is 17.1 Å². The van der Waals surface area contributed by atoms with Gasteiger partial charge >= 0.3 is 0 Å². The molecule has 0 radical (unpaired) electrons. The Labute approximate surface area is 111 Å². The summed E-state index contributed by atoms with van der Waals surface area (Å²) in [6, 6.07) is 4.83. The van der Waals surface area contributed by atoms with Gasteiger partial charge in [0.15, 0.2) is 21.3 Å². The summed E-state index contributed by atoms with van der Waals surface area (Å²) in [4.78, 5) is 0. The highest BCUT2D eigenvalue weighted by atomic mass is 32.2. The number of rotatable bonds is 4. The quantitative estimate of drug-likeness (QED) is 0.792. The number of hydrogen-bond donors (Lipinski definition) is 2. The van der Waals surface area contributed by atoms with Crippen molar-refractivity contribution in [3.63, 3.8) is 0 Å². The Balaban J connectivity index is 2.19. The number of aliphatic hydroxyl groups excluding tert-OH is 2. The highest BCUT2D eigenvalue weighted by molar-refractivity contribution is 7.91. The fraction of sp³-hybridized carbons (Fsp3) is 0.500. The van der Waals surface area contributed by atoms with Gasteiger partial charge in [-0.2, -0.15) is 0 Å². The summed E-state index contributed by atoms with van der Waals surface area (Å²) in [5.74, 6) is 0.247. The van der Waals surface area contributed by atoms with Crippen LogP contribution in [0.4, 0.5) is 0 Å². The van der Waals surface area contributed by atoms with Gasteiger partial charge in [0.05, 0.1) is 25.2 Å². The SMILES string of the molecule is COc1cc(CO)ccc1OC1CS(=O)(=O)CC1O. The molecule has 0 spiro atoms. The van der Waals surface area contributed by atoms with Gasteiger partial charge in [-0.1, -0.05) is 6.07 Å². The molecule has 0 aromatic heterocycles. The van der Waals surface area contributed by atoms with Crippen molar-refractivity contribution in [2.75, 3.05) is 18.6 Å². The van der Waals surface area contributed by atoms with Crippen molar-refractivity contribution in [2.24, 2.45) is 0 Å². The highest BCUT2D eigenvalue weighted by Gasteiger charge is 2.38. The van der Waals surface area contributed by atoms with Crippen molar-refractivity contribution in [3.05, 3.63) is 23.8 Å². The Bertz CT molecular complexity index is 553. The average Bonchev–Trinajstić information content (AvgIpc) is 2.62. The lowest BCUT2D eigenvalue weighted by Crippen LogP contribution is -2.29. The minimum Gasteiger partial charge on any atom is -0.493 e. The molecule has 2 unspecified atom stereocenters. The van der Waals surface area contributed by atoms with E-state index in [4.69, 9.17) is 14.6 Å². The van der Waals surface area contributed by atoms with Gasteiger partial charge in [0, 0.05) is 0 Å². The first-order chi connectivity index (χ1) is 8.95. The van der Waals surface area contributed by atoms with Crippen molar-refractivity contribution in [2.45, 2.75) is 18.8 Å². The molecule has 106 valence electrons. The second-order valence-corrected chi connectivity index (χ2v) is 6.60. The van der Waals surface area contributed by atoms with E-state index in [0.717, 1.165) is 0 Å². The van der Waals surface area contributed by atoms with Crippen LogP contribution in [-0.2, 0) is 16.4 Å². The maximum atomic E-state index is 11.4. The molecule has 19 heavy (non-hydrogen) atoms. The molecule has 2 rings (SSSR count). The third-order valence-corrected chi connectivity index (χ3v) is 4.65. The number of methoxy groups -OCH3 is 1. The van der Waals surface area contributed by atoms with Crippen molar-refractivity contribution in [1.82, 2.24) is 0 Å². The maximum Gasteiger partial charge on any atom is 0.161 e. The standard InChI is InChI=1S/C12H16O6S/c1-17-11-4-8(5-13)2-3-10(11)18-12-7-19(15,16)6-9(12)14/h2-4,9,12-14H,5-7H2,1H3. The number of aliphatic hydroxyl groups is 2. The van der Waals surface area contributed by atoms with Crippen molar-refractivity contribution < 1.29 is 28.1 Å². The minimum absolute atomic E-state index is 0.128. The van der Waals surface area contributed by atoms with Gasteiger partial charge < -0.3 is 19.7 Å². The monoisotopic (exact) mass is 288 g/mol. The fourth-order valence-electron chi connectivity index (χ4n) is 1.98. The van der Waals surface area contributed by atoms with Crippen molar-refractivity contribution in [1.29, 1.82) is 0 Å². The Morgan fingerprint density at radius 1 is 1.32 bits per heavy atom. The smallest absolute Gasteiger partial charge is 0.161 e. The summed E-state index contributed by atoms with van der Waals surface area (Å²) in [6.45, 7) is -0.128. The first kappa shape index (κ1) is 14.1. The van der Waals surface area contributed by atoms with E-state index in [1.165, 1.54) is 7.11 Å². The van der Waals surface area contributed by atoms with Gasteiger partial charge in [0.1, 0.15) is 12.2 Å². The molecule has 0 amide bonds. The number of benzene rings is 1. The van der Waals surface area contributed by atoms with Gasteiger partial charge in [0.2, 0.25) is 0 Å². The number of hydrogen-bond acceptors (Lipinski definition) is 6. The predicted octanol–water partition coefficient (Wildman–Crippen LogP) is -0.276. The summed E-state index contributed by atoms with van der Waals surface area (Å²) >= 11 is 0. The van der Waals surface area contributed by atoms with Crippen LogP contribution in [0.25, 0.3) is 0 Å². The fourth-order valence-corrected chi connectivity index (χ4v) is 3.64. The number of sulfone groups is 1. The maximum absolute atomic E-state index is 11.4. The summed E-state index contributed by atoms with van der Waals surface area (Å²) in [7, 11) is -1.80. The molecule has 2 atom stereocenters. The Morgan fingerprint density at radius 3 is 2.58 bits per heavy atom. The first-order valence-corrected chi connectivity index (χ1v) is 7.60. The summed E-state index contributed by atoms with van der Waals surface area (Å²) < 4.78 is 33.4. The number of ether oxygens (including phenoxy) is 2. The topological polar surface area (TPSA) is 93.1 Å². The van der Waals surface area contributed by atoms with Gasteiger partial charge in [0.25, 0.3) is 0 Å². The average molecular weight is 288 g/mol. The van der Waals surface area contributed by atoms with Crippen molar-refractivity contribution >= 4 is 9.84 Å². The van der Waals surface area contributed by atoms with Crippen LogP contribution in [0.5, 0.6) is 11.5 Å². The van der Waals surface area contributed by atoms with Crippen LogP contribution in [0.2, 0.25) is 0 Å². The van der Waals surface area contributed by atoms with E-state index in [9.17, 15) is 13.5 Å². The molecule has 1 aromatic rings. The van der Waals surface area contributed by atoms with E-state index in [1.807, 2.05) is 0 Å². The van der Waals surface area contributed by atoms with Crippen LogP contribution in [0.1, 0.15) is 5.56 Å². The largest absolute Gasteiger partial charge is 0.493 e. The zero-order chi connectivity index (χ0) is 14.0. The lowest BCUT2D eigenvalue weighted by molar-refractivity contribution is 0.0718. The molecule has 6 nitrogen and oxygen atoms in total. The van der Waals surface area contributed by atoms with Crippen LogP contribution < -0.4 is 9.47 Å². The first-order valence-electron chi connectivity index (χ1n) is 5.78. The summed E-state index contributed by atoms with van der Waals surface area (Å²) in [5.41, 5.74) is 0.656. The Kier molecular flexibility index (Phi) is 3.98. The second-order valence-electron chi connectivity index (χ2n) is 4.44. The van der Waals surface area contributed by atoms with Crippen LogP contribution >= 0.6 is 0 Å². The van der Waals surface area contributed by atoms with Gasteiger partial charge in [-0.3, -0.25) is 0 Å². The summed E-state index contributed by atoms with van der Waals surface area (Å²) in [5, 5.41) is 18.7. The molecule has 0 saturated carbocycles. The molecule has 1 aliphatic rings. The van der Waals surface area contributed by atoms with E-state index in [1.54, 1.807) is 18.2 Å². The third kappa shape index (κ3) is 3.17. The zero-order valence-electron chi connectivity index (χ0n) is 10.4. The minimum atomic E-state index is -3.25.